The number of carboxylic acid groups (broad SMARTS) is 1. The van der Waals surface area contributed by atoms with Crippen molar-refractivity contribution in [2.45, 2.75) is 39.3 Å². The molecule has 246 valence electrons. The molecule has 18 heteroatoms. The van der Waals surface area contributed by atoms with Crippen molar-refractivity contribution in [3.05, 3.63) is 66.1 Å². The van der Waals surface area contributed by atoms with Crippen molar-refractivity contribution in [3.8, 4) is 43.4 Å². The number of rotatable bonds is 12. The van der Waals surface area contributed by atoms with Gasteiger partial charge in [-0.3, -0.25) is 9.59 Å². The fourth-order valence-electron chi connectivity index (χ4n) is 4.44. The summed E-state index contributed by atoms with van der Waals surface area (Å²) in [7, 11) is 0. The third-order valence-corrected chi connectivity index (χ3v) is 11.1. The van der Waals surface area contributed by atoms with E-state index >= 15 is 0 Å². The quantitative estimate of drug-likeness (QED) is 0.117. The van der Waals surface area contributed by atoms with Crippen LogP contribution in [0.3, 0.4) is 0 Å². The number of aliphatic hydroxyl groups excluding tert-OH is 1. The number of carbonyl (C=O) groups is 3. The van der Waals surface area contributed by atoms with E-state index in [1.54, 1.807) is 40.6 Å². The molecule has 0 saturated carbocycles. The lowest BCUT2D eigenvalue weighted by Crippen LogP contribution is -2.35. The Morgan fingerprint density at radius 1 is 0.750 bits per heavy atom. The molecule has 0 aromatic carbocycles. The average Bonchev–Trinajstić information content (AvgIpc) is 3.88. The Balaban J connectivity index is 1.34. The number of aromatic carboxylic acids is 1. The maximum absolute atomic E-state index is 13.1. The largest absolute Gasteiger partial charge is 0.476 e. The molecule has 6 aromatic rings. The van der Waals surface area contributed by atoms with E-state index in [0.29, 0.717) is 54.3 Å². The van der Waals surface area contributed by atoms with Crippen molar-refractivity contribution in [2.75, 3.05) is 0 Å². The maximum atomic E-state index is 13.1. The van der Waals surface area contributed by atoms with Gasteiger partial charge in [0.25, 0.3) is 11.8 Å². The van der Waals surface area contributed by atoms with Crippen LogP contribution >= 0.6 is 56.7 Å². The summed E-state index contributed by atoms with van der Waals surface area (Å²) >= 11 is 6.41. The number of hydrogen-bond donors (Lipinski definition) is 4. The molecule has 0 saturated heterocycles. The Kier molecular flexibility index (Phi) is 9.81. The topological polar surface area (TPSA) is 207 Å². The third-order valence-electron chi connectivity index (χ3n) is 6.71. The zero-order valence-electron chi connectivity index (χ0n) is 25.4. The summed E-state index contributed by atoms with van der Waals surface area (Å²) in [6, 6.07) is 2.75. The predicted molar refractivity (Wildman–Crippen MR) is 187 cm³/mol. The van der Waals surface area contributed by atoms with Gasteiger partial charge in [-0.05, 0) is 25.0 Å². The lowest BCUT2D eigenvalue weighted by Gasteiger charge is -2.18. The smallest absolute Gasteiger partial charge is 0.355 e. The number of carbonyl (C=O) groups excluding carboxylic acids is 2. The molecule has 6 heterocycles. The van der Waals surface area contributed by atoms with Crippen LogP contribution in [0, 0.1) is 5.92 Å². The Bertz CT molecular complexity index is 2130. The van der Waals surface area contributed by atoms with Crippen LogP contribution in [0.4, 0.5) is 0 Å². The molecule has 48 heavy (non-hydrogen) atoms. The molecular weight excluding hydrogens is 713 g/mol. The van der Waals surface area contributed by atoms with Crippen molar-refractivity contribution >= 4 is 74.5 Å². The molecule has 0 aliphatic heterocycles. The van der Waals surface area contributed by atoms with Gasteiger partial charge in [0.1, 0.15) is 54.5 Å². The highest BCUT2D eigenvalue weighted by atomic mass is 32.1. The third kappa shape index (κ3) is 7.23. The fourth-order valence-corrected chi connectivity index (χ4v) is 8.81. The van der Waals surface area contributed by atoms with Gasteiger partial charge in [0.05, 0.1) is 16.8 Å². The summed E-state index contributed by atoms with van der Waals surface area (Å²) in [5.41, 5.74) is 8.33. The number of nitrogens with two attached hydrogens (primary N) is 1. The molecule has 0 fully saturated rings. The van der Waals surface area contributed by atoms with Crippen LogP contribution < -0.4 is 11.1 Å². The first-order chi connectivity index (χ1) is 23.0. The molecule has 6 aromatic heterocycles. The normalized spacial score (nSPS) is 12.7. The first-order valence-electron chi connectivity index (χ1n) is 14.3. The number of aromatic nitrogens is 6. The Morgan fingerprint density at radius 2 is 1.42 bits per heavy atom. The molecule has 0 unspecified atom stereocenters. The minimum absolute atomic E-state index is 0.0541. The van der Waals surface area contributed by atoms with E-state index in [1.165, 1.54) is 62.1 Å². The maximum Gasteiger partial charge on any atom is 0.355 e. The number of nitrogens with zero attached hydrogens (tertiary/aromatic N) is 6. The summed E-state index contributed by atoms with van der Waals surface area (Å²) in [5, 5.41) is 34.0. The number of hydrogen-bond acceptors (Lipinski definition) is 15. The van der Waals surface area contributed by atoms with Gasteiger partial charge in [-0.15, -0.1) is 56.7 Å². The summed E-state index contributed by atoms with van der Waals surface area (Å²) in [5.74, 6) is -1.79. The summed E-state index contributed by atoms with van der Waals surface area (Å²) in [6.45, 7) is 5.74. The number of pyridine rings is 1. The second-order valence-corrected chi connectivity index (χ2v) is 15.3. The van der Waals surface area contributed by atoms with Crippen molar-refractivity contribution in [3.63, 3.8) is 0 Å². The average molecular weight is 739 g/mol. The van der Waals surface area contributed by atoms with Gasteiger partial charge >= 0.3 is 5.97 Å². The van der Waals surface area contributed by atoms with E-state index in [4.69, 9.17) is 15.7 Å². The highest BCUT2D eigenvalue weighted by molar-refractivity contribution is 7.15. The lowest BCUT2D eigenvalue weighted by atomic mass is 10.1. The van der Waals surface area contributed by atoms with Crippen molar-refractivity contribution in [2.24, 2.45) is 11.7 Å². The first kappa shape index (κ1) is 33.6. The van der Waals surface area contributed by atoms with Gasteiger partial charge in [-0.1, -0.05) is 13.8 Å². The Labute approximate surface area is 293 Å². The van der Waals surface area contributed by atoms with Crippen molar-refractivity contribution in [1.29, 1.82) is 0 Å². The number of primary amides is 1. The highest BCUT2D eigenvalue weighted by Crippen LogP contribution is 2.38. The molecule has 0 bridgehead atoms. The van der Waals surface area contributed by atoms with Crippen LogP contribution in [0.15, 0.2) is 39.0 Å². The van der Waals surface area contributed by atoms with Gasteiger partial charge in [-0.25, -0.2) is 34.7 Å². The number of thiazole rings is 5. The molecule has 6 rings (SSSR count). The number of aliphatic hydroxyl groups is 1. The molecule has 0 aliphatic rings. The van der Waals surface area contributed by atoms with Gasteiger partial charge in [0.15, 0.2) is 5.69 Å². The predicted octanol–water partition coefficient (Wildman–Crippen LogP) is 5.88. The van der Waals surface area contributed by atoms with E-state index in [9.17, 15) is 24.6 Å². The van der Waals surface area contributed by atoms with Gasteiger partial charge < -0.3 is 21.3 Å². The van der Waals surface area contributed by atoms with Crippen LogP contribution in [-0.2, 0) is 6.42 Å². The van der Waals surface area contributed by atoms with Crippen LogP contribution in [0.2, 0.25) is 0 Å². The minimum atomic E-state index is -1.12. The number of nitrogens with one attached hydrogen (secondary N) is 1. The van der Waals surface area contributed by atoms with E-state index in [2.05, 4.69) is 39.1 Å². The standard InChI is InChI=1S/C30H26N8O5S5/c1-12(2)6-21-32-18(9-44-21)25(41)38-22(13(3)39)29-34-16(7-48-29)23-14(26-35-17(8-45-26)24(31)40)4-5-15(33-23)27-36-19(10-46-27)28-37-20(11-47-28)30(42)43/h4-5,7-13,22,39H,6H2,1-3H3,(H2,31,40)(H,38,41)(H,42,43)/t13-,22+/m1/s1. The molecule has 13 nitrogen and oxygen atoms in total. The SMILES string of the molecule is CC(C)Cc1nc(C(=O)N[C@H](c2nc(-c3nc(-c4nc(-c5nc(C(=O)O)cs5)cs4)ccc3-c3nc(C(N)=O)cs3)cs2)[C@@H](C)O)cs1. The van der Waals surface area contributed by atoms with Crippen molar-refractivity contribution in [1.82, 2.24) is 35.2 Å². The van der Waals surface area contributed by atoms with E-state index in [0.717, 1.165) is 11.4 Å². The van der Waals surface area contributed by atoms with Gasteiger partial charge in [0.2, 0.25) is 0 Å². The molecule has 2 amide bonds. The van der Waals surface area contributed by atoms with E-state index in [1.807, 2.05) is 0 Å². The second-order valence-electron chi connectivity index (χ2n) is 10.9. The lowest BCUT2D eigenvalue weighted by molar-refractivity contribution is 0.0691. The molecule has 0 spiro atoms. The second kappa shape index (κ2) is 14.0. The van der Waals surface area contributed by atoms with Crippen molar-refractivity contribution < 1.29 is 24.6 Å². The zero-order chi connectivity index (χ0) is 34.1. The fraction of sp³-hybridized carbons (Fsp3) is 0.233. The van der Waals surface area contributed by atoms with Crippen LogP contribution in [-0.4, -0.2) is 64.0 Å². The van der Waals surface area contributed by atoms with Crippen LogP contribution in [0.25, 0.3) is 43.4 Å². The van der Waals surface area contributed by atoms with Crippen LogP contribution in [0.1, 0.15) is 68.3 Å². The highest BCUT2D eigenvalue weighted by Gasteiger charge is 2.27. The summed E-state index contributed by atoms with van der Waals surface area (Å²) < 4.78 is 0. The zero-order valence-corrected chi connectivity index (χ0v) is 29.5. The first-order valence-corrected chi connectivity index (χ1v) is 18.7. The number of amides is 2. The summed E-state index contributed by atoms with van der Waals surface area (Å²) in [4.78, 5) is 63.6. The molecule has 0 radical (unpaired) electrons. The summed E-state index contributed by atoms with van der Waals surface area (Å²) in [6.07, 6.45) is -0.209. The number of carboxylic acids is 1. The van der Waals surface area contributed by atoms with E-state index < -0.39 is 29.9 Å². The Hall–Kier alpha value is -4.33. The molecule has 5 N–H and O–H groups in total. The molecular formula is C30H26N8O5S5. The van der Waals surface area contributed by atoms with Crippen LogP contribution in [0.5, 0.6) is 0 Å². The Morgan fingerprint density at radius 3 is 2.10 bits per heavy atom. The van der Waals surface area contributed by atoms with E-state index in [-0.39, 0.29) is 17.1 Å². The molecule has 0 aliphatic carbocycles. The molecule has 2 atom stereocenters. The minimum Gasteiger partial charge on any atom is -0.476 e. The monoisotopic (exact) mass is 738 g/mol. The van der Waals surface area contributed by atoms with Gasteiger partial charge in [-0.2, -0.15) is 0 Å². The van der Waals surface area contributed by atoms with Gasteiger partial charge in [0, 0.05) is 38.9 Å².